The first-order chi connectivity index (χ1) is 6.38. The molecule has 70 valence electrons. The summed E-state index contributed by atoms with van der Waals surface area (Å²) in [5.41, 5.74) is 0.867. The van der Waals surface area contributed by atoms with Crippen molar-refractivity contribution in [3.63, 3.8) is 0 Å². The molecule has 1 aliphatic rings. The van der Waals surface area contributed by atoms with E-state index >= 15 is 0 Å². The fraction of sp³-hybridized carbons (Fsp3) is 0.400. The molecule has 0 aliphatic carbocycles. The summed E-state index contributed by atoms with van der Waals surface area (Å²) in [4.78, 5) is 12.1. The van der Waals surface area contributed by atoms with E-state index in [1.54, 1.807) is 0 Å². The van der Waals surface area contributed by atoms with E-state index in [2.05, 4.69) is 12.1 Å². The Hall–Kier alpha value is -1.38. The zero-order chi connectivity index (χ0) is 9.52. The van der Waals surface area contributed by atoms with Crippen molar-refractivity contribution < 1.29 is 0 Å². The number of rotatable bonds is 4. The summed E-state index contributed by atoms with van der Waals surface area (Å²) in [6.07, 6.45) is 11.3. The fourth-order valence-electron chi connectivity index (χ4n) is 1.19. The second-order valence-electron chi connectivity index (χ2n) is 2.91. The summed E-state index contributed by atoms with van der Waals surface area (Å²) < 4.78 is 0. The van der Waals surface area contributed by atoms with Gasteiger partial charge in [-0.2, -0.15) is 0 Å². The molecule has 3 nitrogen and oxygen atoms in total. The molecular weight excluding hydrogens is 164 g/mol. The maximum absolute atomic E-state index is 10.1. The monoisotopic (exact) mass is 178 g/mol. The van der Waals surface area contributed by atoms with Gasteiger partial charge in [-0.15, -0.1) is 4.91 Å². The minimum absolute atomic E-state index is 0.867. The normalized spacial score (nSPS) is 18.2. The van der Waals surface area contributed by atoms with E-state index in [1.807, 2.05) is 29.3 Å². The SMILES string of the molecule is CCCCN1C=CC=CC1=CN=O. The summed E-state index contributed by atoms with van der Waals surface area (Å²) >= 11 is 0. The van der Waals surface area contributed by atoms with Crippen LogP contribution >= 0.6 is 0 Å². The molecule has 0 aromatic heterocycles. The average Bonchev–Trinajstić information content (AvgIpc) is 2.17. The van der Waals surface area contributed by atoms with E-state index in [1.165, 1.54) is 6.20 Å². The molecule has 0 N–H and O–H groups in total. The Morgan fingerprint density at radius 2 is 2.38 bits per heavy atom. The van der Waals surface area contributed by atoms with Crippen LogP contribution in [0.25, 0.3) is 0 Å². The van der Waals surface area contributed by atoms with Gasteiger partial charge >= 0.3 is 0 Å². The Kier molecular flexibility index (Phi) is 3.96. The Balaban J connectivity index is 2.59. The first kappa shape index (κ1) is 9.71. The topological polar surface area (TPSA) is 32.7 Å². The van der Waals surface area contributed by atoms with Crippen molar-refractivity contribution in [1.29, 1.82) is 0 Å². The second kappa shape index (κ2) is 5.30. The predicted molar refractivity (Wildman–Crippen MR) is 53.8 cm³/mol. The van der Waals surface area contributed by atoms with Gasteiger partial charge in [0.05, 0.1) is 11.9 Å². The van der Waals surface area contributed by atoms with E-state index in [4.69, 9.17) is 0 Å². The van der Waals surface area contributed by atoms with Gasteiger partial charge in [-0.05, 0) is 23.7 Å². The van der Waals surface area contributed by atoms with Crippen LogP contribution in [0.5, 0.6) is 0 Å². The Labute approximate surface area is 78.4 Å². The van der Waals surface area contributed by atoms with Crippen molar-refractivity contribution in [2.45, 2.75) is 19.8 Å². The van der Waals surface area contributed by atoms with Gasteiger partial charge in [0.1, 0.15) is 0 Å². The Bertz CT molecular complexity index is 254. The molecule has 1 aliphatic heterocycles. The highest BCUT2D eigenvalue weighted by Crippen LogP contribution is 2.13. The highest BCUT2D eigenvalue weighted by Gasteiger charge is 2.05. The molecule has 0 radical (unpaired) electrons. The standard InChI is InChI=1S/C10H14N2O/c1-2-3-7-12-8-5-4-6-10(12)9-11-13/h4-6,8-9H,2-3,7H2,1H3. The lowest BCUT2D eigenvalue weighted by Crippen LogP contribution is -2.18. The zero-order valence-corrected chi connectivity index (χ0v) is 7.81. The van der Waals surface area contributed by atoms with Gasteiger partial charge in [0, 0.05) is 12.7 Å². The number of allylic oxidation sites excluding steroid dienone is 3. The van der Waals surface area contributed by atoms with Crippen molar-refractivity contribution in [3.8, 4) is 0 Å². The van der Waals surface area contributed by atoms with Crippen molar-refractivity contribution in [2.24, 2.45) is 5.18 Å². The smallest absolute Gasteiger partial charge is 0.0951 e. The van der Waals surface area contributed by atoms with Gasteiger partial charge in [-0.3, -0.25) is 0 Å². The van der Waals surface area contributed by atoms with Gasteiger partial charge in [0.15, 0.2) is 0 Å². The van der Waals surface area contributed by atoms with E-state index in [9.17, 15) is 4.91 Å². The van der Waals surface area contributed by atoms with Gasteiger partial charge in [0.25, 0.3) is 0 Å². The van der Waals surface area contributed by atoms with Gasteiger partial charge in [0.2, 0.25) is 0 Å². The maximum atomic E-state index is 10.1. The van der Waals surface area contributed by atoms with Crippen LogP contribution in [-0.4, -0.2) is 11.4 Å². The number of nitroso groups, excluding NO2 is 1. The molecular formula is C10H14N2O. The van der Waals surface area contributed by atoms with Crippen LogP contribution in [-0.2, 0) is 0 Å². The highest BCUT2D eigenvalue weighted by atomic mass is 16.2. The third kappa shape index (κ3) is 2.86. The predicted octanol–water partition coefficient (Wildman–Crippen LogP) is 2.78. The van der Waals surface area contributed by atoms with Gasteiger partial charge in [-0.25, -0.2) is 0 Å². The minimum atomic E-state index is 0.867. The molecule has 1 rings (SSSR count). The van der Waals surface area contributed by atoms with Gasteiger partial charge in [-0.1, -0.05) is 19.4 Å². The molecule has 0 unspecified atom stereocenters. The summed E-state index contributed by atoms with van der Waals surface area (Å²) in [7, 11) is 0. The third-order valence-corrected chi connectivity index (χ3v) is 1.91. The minimum Gasteiger partial charge on any atom is -0.347 e. The zero-order valence-electron chi connectivity index (χ0n) is 7.81. The van der Waals surface area contributed by atoms with Crippen LogP contribution in [0, 0.1) is 4.91 Å². The summed E-state index contributed by atoms with van der Waals surface area (Å²) in [6.45, 7) is 3.09. The van der Waals surface area contributed by atoms with E-state index in [0.29, 0.717) is 0 Å². The molecule has 0 saturated carbocycles. The van der Waals surface area contributed by atoms with Gasteiger partial charge < -0.3 is 4.90 Å². The van der Waals surface area contributed by atoms with E-state index in [0.717, 1.165) is 25.1 Å². The van der Waals surface area contributed by atoms with Crippen LogP contribution in [0.1, 0.15) is 19.8 Å². The number of unbranched alkanes of at least 4 members (excludes halogenated alkanes) is 1. The lowest BCUT2D eigenvalue weighted by Gasteiger charge is -2.22. The molecule has 0 aromatic carbocycles. The number of hydrogen-bond donors (Lipinski definition) is 0. The Morgan fingerprint density at radius 3 is 3.08 bits per heavy atom. The molecule has 0 amide bonds. The van der Waals surface area contributed by atoms with Crippen LogP contribution in [0.4, 0.5) is 0 Å². The summed E-state index contributed by atoms with van der Waals surface area (Å²) in [5.74, 6) is 0. The van der Waals surface area contributed by atoms with Crippen LogP contribution < -0.4 is 0 Å². The van der Waals surface area contributed by atoms with Crippen molar-refractivity contribution in [3.05, 3.63) is 41.2 Å². The van der Waals surface area contributed by atoms with E-state index < -0.39 is 0 Å². The molecule has 13 heavy (non-hydrogen) atoms. The molecule has 3 heteroatoms. The lowest BCUT2D eigenvalue weighted by molar-refractivity contribution is 0.457. The average molecular weight is 178 g/mol. The number of hydrogen-bond acceptors (Lipinski definition) is 3. The van der Waals surface area contributed by atoms with Crippen LogP contribution in [0.2, 0.25) is 0 Å². The van der Waals surface area contributed by atoms with E-state index in [-0.39, 0.29) is 0 Å². The third-order valence-electron chi connectivity index (χ3n) is 1.91. The maximum Gasteiger partial charge on any atom is 0.0951 e. The number of nitrogens with zero attached hydrogens (tertiary/aromatic N) is 2. The lowest BCUT2D eigenvalue weighted by atomic mass is 10.2. The van der Waals surface area contributed by atoms with Crippen LogP contribution in [0.15, 0.2) is 41.5 Å². The first-order valence-electron chi connectivity index (χ1n) is 4.52. The highest BCUT2D eigenvalue weighted by molar-refractivity contribution is 5.27. The second-order valence-corrected chi connectivity index (χ2v) is 2.91. The molecule has 0 aromatic rings. The molecule has 0 atom stereocenters. The summed E-state index contributed by atoms with van der Waals surface area (Å²) in [6, 6.07) is 0. The molecule has 1 heterocycles. The quantitative estimate of drug-likeness (QED) is 0.620. The molecule has 0 spiro atoms. The van der Waals surface area contributed by atoms with Crippen molar-refractivity contribution in [1.82, 2.24) is 4.90 Å². The molecule has 0 bridgehead atoms. The molecule has 0 fully saturated rings. The van der Waals surface area contributed by atoms with Crippen molar-refractivity contribution in [2.75, 3.05) is 6.54 Å². The fourth-order valence-corrected chi connectivity index (χ4v) is 1.19. The molecule has 0 saturated heterocycles. The summed E-state index contributed by atoms with van der Waals surface area (Å²) in [5, 5.41) is 2.78. The first-order valence-corrected chi connectivity index (χ1v) is 4.52. The van der Waals surface area contributed by atoms with Crippen molar-refractivity contribution >= 4 is 0 Å². The van der Waals surface area contributed by atoms with Crippen LogP contribution in [0.3, 0.4) is 0 Å². The Morgan fingerprint density at radius 1 is 1.54 bits per heavy atom. The largest absolute Gasteiger partial charge is 0.347 e.